The van der Waals surface area contributed by atoms with Crippen molar-refractivity contribution in [1.82, 2.24) is 10.3 Å². The lowest BCUT2D eigenvalue weighted by Gasteiger charge is -2.04. The van der Waals surface area contributed by atoms with Gasteiger partial charge in [-0.2, -0.15) is 0 Å². The van der Waals surface area contributed by atoms with Gasteiger partial charge in [-0.3, -0.25) is 9.59 Å². The zero-order valence-electron chi connectivity index (χ0n) is 12.2. The summed E-state index contributed by atoms with van der Waals surface area (Å²) >= 11 is 0. The van der Waals surface area contributed by atoms with Crippen LogP contribution in [0.1, 0.15) is 29.9 Å². The van der Waals surface area contributed by atoms with Crippen LogP contribution < -0.4 is 10.1 Å². The average Bonchev–Trinajstić information content (AvgIpc) is 2.76. The second-order valence-electron chi connectivity index (χ2n) is 4.82. The SMILES string of the molecule is CC(=O)NCCc1c(C(=O)O)[nH]c2ccc(OC(C)=O)cc12. The fraction of sp³-hybridized carbons (Fsp3) is 0.267. The van der Waals surface area contributed by atoms with E-state index >= 15 is 0 Å². The number of aromatic amines is 1. The fourth-order valence-corrected chi connectivity index (χ4v) is 2.26. The number of fused-ring (bicyclic) bond motifs is 1. The molecule has 22 heavy (non-hydrogen) atoms. The number of hydrogen-bond donors (Lipinski definition) is 3. The third-order valence-corrected chi connectivity index (χ3v) is 3.10. The molecule has 0 aliphatic carbocycles. The van der Waals surface area contributed by atoms with E-state index < -0.39 is 11.9 Å². The number of amides is 1. The molecule has 1 aromatic heterocycles. The van der Waals surface area contributed by atoms with Gasteiger partial charge < -0.3 is 20.1 Å². The molecule has 1 amide bonds. The van der Waals surface area contributed by atoms with Gasteiger partial charge in [-0.15, -0.1) is 0 Å². The van der Waals surface area contributed by atoms with Crippen LogP contribution in [0.25, 0.3) is 10.9 Å². The maximum Gasteiger partial charge on any atom is 0.352 e. The van der Waals surface area contributed by atoms with E-state index in [1.54, 1.807) is 18.2 Å². The van der Waals surface area contributed by atoms with Crippen molar-refractivity contribution in [3.8, 4) is 5.75 Å². The molecule has 2 aromatic rings. The number of nitrogens with one attached hydrogen (secondary N) is 2. The average molecular weight is 304 g/mol. The lowest BCUT2D eigenvalue weighted by atomic mass is 10.1. The molecule has 0 bridgehead atoms. The van der Waals surface area contributed by atoms with Crippen molar-refractivity contribution < 1.29 is 24.2 Å². The molecule has 0 unspecified atom stereocenters. The smallest absolute Gasteiger partial charge is 0.352 e. The van der Waals surface area contributed by atoms with E-state index in [-0.39, 0.29) is 11.6 Å². The largest absolute Gasteiger partial charge is 0.477 e. The topological polar surface area (TPSA) is 108 Å². The van der Waals surface area contributed by atoms with Crippen LogP contribution in [0.3, 0.4) is 0 Å². The van der Waals surface area contributed by atoms with Gasteiger partial charge in [0.1, 0.15) is 11.4 Å². The van der Waals surface area contributed by atoms with Crippen molar-refractivity contribution in [2.45, 2.75) is 20.3 Å². The molecule has 0 aliphatic rings. The Morgan fingerprint density at radius 1 is 1.27 bits per heavy atom. The number of aromatic nitrogens is 1. The second-order valence-corrected chi connectivity index (χ2v) is 4.82. The first-order valence-corrected chi connectivity index (χ1v) is 6.69. The zero-order chi connectivity index (χ0) is 16.3. The molecule has 0 saturated carbocycles. The molecule has 0 radical (unpaired) electrons. The highest BCUT2D eigenvalue weighted by Crippen LogP contribution is 2.27. The molecule has 0 aliphatic heterocycles. The molecule has 0 atom stereocenters. The van der Waals surface area contributed by atoms with Crippen LogP contribution in [0.2, 0.25) is 0 Å². The van der Waals surface area contributed by atoms with E-state index in [0.717, 1.165) is 0 Å². The number of carboxylic acids is 1. The Morgan fingerprint density at radius 3 is 2.59 bits per heavy atom. The summed E-state index contributed by atoms with van der Waals surface area (Å²) < 4.78 is 5.02. The third kappa shape index (κ3) is 3.43. The number of carboxylic acid groups (broad SMARTS) is 1. The summed E-state index contributed by atoms with van der Waals surface area (Å²) in [5.41, 5.74) is 1.26. The summed E-state index contributed by atoms with van der Waals surface area (Å²) in [5.74, 6) is -1.37. The number of esters is 1. The van der Waals surface area contributed by atoms with Gasteiger partial charge >= 0.3 is 11.9 Å². The molecule has 116 valence electrons. The highest BCUT2D eigenvalue weighted by molar-refractivity contribution is 5.98. The van der Waals surface area contributed by atoms with E-state index in [0.29, 0.717) is 35.2 Å². The molecule has 3 N–H and O–H groups in total. The van der Waals surface area contributed by atoms with Crippen LogP contribution in [0.5, 0.6) is 5.75 Å². The molecule has 0 fully saturated rings. The lowest BCUT2D eigenvalue weighted by molar-refractivity contribution is -0.131. The van der Waals surface area contributed by atoms with Crippen molar-refractivity contribution in [2.24, 2.45) is 0 Å². The summed E-state index contributed by atoms with van der Waals surface area (Å²) in [6.07, 6.45) is 0.352. The fourth-order valence-electron chi connectivity index (χ4n) is 2.26. The molecule has 2 rings (SSSR count). The minimum atomic E-state index is -1.08. The Morgan fingerprint density at radius 2 is 2.00 bits per heavy atom. The van der Waals surface area contributed by atoms with E-state index in [4.69, 9.17) is 4.74 Å². The summed E-state index contributed by atoms with van der Waals surface area (Å²) in [7, 11) is 0. The second kappa shape index (κ2) is 6.30. The minimum Gasteiger partial charge on any atom is -0.477 e. The maximum absolute atomic E-state index is 11.3. The first-order chi connectivity index (χ1) is 10.4. The number of rotatable bonds is 5. The van der Waals surface area contributed by atoms with Crippen LogP contribution in [0, 0.1) is 0 Å². The first kappa shape index (κ1) is 15.6. The van der Waals surface area contributed by atoms with Crippen LogP contribution >= 0.6 is 0 Å². The van der Waals surface area contributed by atoms with Gasteiger partial charge in [0.15, 0.2) is 0 Å². The number of aromatic carboxylic acids is 1. The van der Waals surface area contributed by atoms with Gasteiger partial charge in [-0.05, 0) is 30.2 Å². The van der Waals surface area contributed by atoms with Crippen LogP contribution in [0.15, 0.2) is 18.2 Å². The number of benzene rings is 1. The Bertz CT molecular complexity index is 748. The highest BCUT2D eigenvalue weighted by Gasteiger charge is 2.17. The standard InChI is InChI=1S/C15H16N2O5/c1-8(18)16-6-5-11-12-7-10(22-9(2)19)3-4-13(12)17-14(11)15(20)21/h3-4,7,17H,5-6H2,1-2H3,(H,16,18)(H,20,21). The quantitative estimate of drug-likeness (QED) is 0.572. The zero-order valence-corrected chi connectivity index (χ0v) is 12.2. The summed E-state index contributed by atoms with van der Waals surface area (Å²) in [4.78, 5) is 36.1. The summed E-state index contributed by atoms with van der Waals surface area (Å²) in [5, 5.41) is 12.6. The number of ether oxygens (including phenoxy) is 1. The monoisotopic (exact) mass is 304 g/mol. The molecule has 0 spiro atoms. The van der Waals surface area contributed by atoms with Crippen molar-refractivity contribution in [3.05, 3.63) is 29.5 Å². The van der Waals surface area contributed by atoms with Gasteiger partial charge in [0.05, 0.1) is 0 Å². The van der Waals surface area contributed by atoms with Gasteiger partial charge in [0.2, 0.25) is 5.91 Å². The molecular weight excluding hydrogens is 288 g/mol. The van der Waals surface area contributed by atoms with E-state index in [2.05, 4.69) is 10.3 Å². The van der Waals surface area contributed by atoms with E-state index in [1.165, 1.54) is 13.8 Å². The van der Waals surface area contributed by atoms with Crippen LogP contribution in [-0.2, 0) is 16.0 Å². The molecule has 7 nitrogen and oxygen atoms in total. The Hall–Kier alpha value is -2.83. The first-order valence-electron chi connectivity index (χ1n) is 6.69. The number of carbonyl (C=O) groups is 3. The Kier molecular flexibility index (Phi) is 4.45. The molecule has 0 saturated heterocycles. The van der Waals surface area contributed by atoms with Crippen molar-refractivity contribution in [1.29, 1.82) is 0 Å². The summed E-state index contributed by atoms with van der Waals surface area (Å²) in [6, 6.07) is 4.86. The van der Waals surface area contributed by atoms with Crippen molar-refractivity contribution in [2.75, 3.05) is 6.54 Å². The summed E-state index contributed by atoms with van der Waals surface area (Å²) in [6.45, 7) is 3.01. The van der Waals surface area contributed by atoms with Crippen LogP contribution in [-0.4, -0.2) is 34.5 Å². The molecular formula is C15H16N2O5. The van der Waals surface area contributed by atoms with Gasteiger partial charge in [0, 0.05) is 31.3 Å². The predicted molar refractivity (Wildman–Crippen MR) is 79.0 cm³/mol. The van der Waals surface area contributed by atoms with Gasteiger partial charge in [-0.25, -0.2) is 4.79 Å². The van der Waals surface area contributed by atoms with E-state index in [9.17, 15) is 19.5 Å². The number of hydrogen-bond acceptors (Lipinski definition) is 4. The van der Waals surface area contributed by atoms with E-state index in [1.807, 2.05) is 0 Å². The minimum absolute atomic E-state index is 0.0697. The predicted octanol–water partition coefficient (Wildman–Crippen LogP) is 1.47. The molecule has 1 heterocycles. The molecule has 1 aromatic carbocycles. The Labute approximate surface area is 126 Å². The lowest BCUT2D eigenvalue weighted by Crippen LogP contribution is -2.22. The third-order valence-electron chi connectivity index (χ3n) is 3.10. The van der Waals surface area contributed by atoms with Crippen molar-refractivity contribution >= 4 is 28.7 Å². The number of carbonyl (C=O) groups excluding carboxylic acids is 2. The molecule has 7 heteroatoms. The van der Waals surface area contributed by atoms with Crippen LogP contribution in [0.4, 0.5) is 0 Å². The maximum atomic E-state index is 11.3. The van der Waals surface area contributed by atoms with Gasteiger partial charge in [0.25, 0.3) is 0 Å². The highest BCUT2D eigenvalue weighted by atomic mass is 16.5. The Balaban J connectivity index is 2.42. The van der Waals surface area contributed by atoms with Crippen molar-refractivity contribution in [3.63, 3.8) is 0 Å². The van der Waals surface area contributed by atoms with Gasteiger partial charge in [-0.1, -0.05) is 0 Å². The normalized spacial score (nSPS) is 10.5. The number of H-pyrrole nitrogens is 1.